The Morgan fingerprint density at radius 3 is 2.64 bits per heavy atom. The number of aliphatic hydroxyl groups excluding tert-OH is 2. The Kier molecular flexibility index (Phi) is 3.43. The number of Topliss-reactive ketones (excluding diaryl/α,β-unsaturated/α-hetero) is 1. The van der Waals surface area contributed by atoms with Crippen LogP contribution in [0.15, 0.2) is 12.1 Å². The Morgan fingerprint density at radius 1 is 1.32 bits per heavy atom. The fraction of sp³-hybridized carbons (Fsp3) is 0.562. The predicted molar refractivity (Wildman–Crippen MR) is 76.8 cm³/mol. The molecule has 6 nitrogen and oxygen atoms in total. The van der Waals surface area contributed by atoms with Gasteiger partial charge in [-0.05, 0) is 31.4 Å². The number of hydrogen-bond donors (Lipinski definition) is 4. The molecule has 1 aromatic carbocycles. The van der Waals surface area contributed by atoms with Crippen LogP contribution in [0.3, 0.4) is 0 Å². The van der Waals surface area contributed by atoms with Crippen molar-refractivity contribution in [3.05, 3.63) is 23.3 Å². The molecule has 22 heavy (non-hydrogen) atoms. The lowest BCUT2D eigenvalue weighted by Crippen LogP contribution is -2.52. The van der Waals surface area contributed by atoms with Crippen LogP contribution in [0.4, 0.5) is 0 Å². The van der Waals surface area contributed by atoms with Crippen molar-refractivity contribution in [3.8, 4) is 11.5 Å². The highest BCUT2D eigenvalue weighted by atomic mass is 16.5. The number of benzene rings is 1. The zero-order valence-corrected chi connectivity index (χ0v) is 12.5. The lowest BCUT2D eigenvalue weighted by Gasteiger charge is -2.46. The second-order valence-electron chi connectivity index (χ2n) is 6.50. The fourth-order valence-electron chi connectivity index (χ4n) is 3.72. The second-order valence-corrected chi connectivity index (χ2v) is 6.50. The van der Waals surface area contributed by atoms with Crippen molar-refractivity contribution in [1.29, 1.82) is 0 Å². The molecule has 6 heteroatoms. The number of phenols is 1. The van der Waals surface area contributed by atoms with E-state index in [1.165, 1.54) is 26.2 Å². The molecule has 0 aliphatic heterocycles. The standard InChI is InChI=1S/C16H20O6/c1-16(21)6-10-8(5-12(16)18)15(20)13-9(14(10)19)3-7(22-2)4-11(13)17/h3-4,8,10,12,14,17-19,21H,5-6H2,1-2H3/t8-,10-,12-,14+,16+/m1/s1. The Morgan fingerprint density at radius 2 is 2.00 bits per heavy atom. The number of methoxy groups -OCH3 is 1. The predicted octanol–water partition coefficient (Wildman–Crippen LogP) is 0.769. The van der Waals surface area contributed by atoms with Gasteiger partial charge in [0.25, 0.3) is 0 Å². The van der Waals surface area contributed by atoms with Crippen LogP contribution in [0, 0.1) is 11.8 Å². The Bertz CT molecular complexity index is 623. The van der Waals surface area contributed by atoms with Crippen molar-refractivity contribution in [1.82, 2.24) is 0 Å². The van der Waals surface area contributed by atoms with Crippen molar-refractivity contribution in [2.45, 2.75) is 37.6 Å². The number of ether oxygens (including phenoxy) is 1. The van der Waals surface area contributed by atoms with E-state index in [2.05, 4.69) is 0 Å². The van der Waals surface area contributed by atoms with Crippen molar-refractivity contribution in [3.63, 3.8) is 0 Å². The minimum absolute atomic E-state index is 0.0679. The minimum Gasteiger partial charge on any atom is -0.507 e. The highest BCUT2D eigenvalue weighted by Gasteiger charge is 2.52. The number of rotatable bonds is 1. The molecule has 0 bridgehead atoms. The number of carbonyl (C=O) groups excluding carboxylic acids is 1. The van der Waals surface area contributed by atoms with Gasteiger partial charge in [-0.3, -0.25) is 4.79 Å². The summed E-state index contributed by atoms with van der Waals surface area (Å²) in [4.78, 5) is 12.7. The molecule has 0 radical (unpaired) electrons. The Balaban J connectivity index is 2.10. The number of aliphatic hydroxyl groups is 3. The SMILES string of the molecule is COc1cc(O)c2c(c1)[C@H](O)[C@@H]1C[C@](C)(O)[C@H](O)C[C@H]1C2=O. The molecule has 1 saturated carbocycles. The second kappa shape index (κ2) is 4.94. The van der Waals surface area contributed by atoms with Gasteiger partial charge in [0.1, 0.15) is 11.5 Å². The maximum absolute atomic E-state index is 12.7. The quantitative estimate of drug-likeness (QED) is 0.610. The number of carbonyl (C=O) groups is 1. The summed E-state index contributed by atoms with van der Waals surface area (Å²) in [6.45, 7) is 1.50. The molecule has 0 unspecified atom stereocenters. The smallest absolute Gasteiger partial charge is 0.170 e. The van der Waals surface area contributed by atoms with Gasteiger partial charge in [-0.25, -0.2) is 0 Å². The summed E-state index contributed by atoms with van der Waals surface area (Å²) in [6, 6.07) is 2.87. The van der Waals surface area contributed by atoms with Crippen LogP contribution in [-0.2, 0) is 0 Å². The van der Waals surface area contributed by atoms with Crippen LogP contribution in [0.2, 0.25) is 0 Å². The van der Waals surface area contributed by atoms with E-state index < -0.39 is 29.6 Å². The molecule has 2 aliphatic carbocycles. The lowest BCUT2D eigenvalue weighted by atomic mass is 9.62. The molecular weight excluding hydrogens is 288 g/mol. The normalized spacial score (nSPS) is 37.4. The highest BCUT2D eigenvalue weighted by molar-refractivity contribution is 6.03. The summed E-state index contributed by atoms with van der Waals surface area (Å²) in [6.07, 6.45) is -1.86. The molecule has 0 heterocycles. The maximum Gasteiger partial charge on any atom is 0.170 e. The molecule has 0 amide bonds. The van der Waals surface area contributed by atoms with Gasteiger partial charge in [0.05, 0.1) is 30.5 Å². The third-order valence-corrected chi connectivity index (χ3v) is 5.03. The van der Waals surface area contributed by atoms with E-state index in [1.807, 2.05) is 0 Å². The summed E-state index contributed by atoms with van der Waals surface area (Å²) in [5, 5.41) is 41.0. The van der Waals surface area contributed by atoms with Crippen LogP contribution < -0.4 is 4.74 Å². The van der Waals surface area contributed by atoms with Gasteiger partial charge >= 0.3 is 0 Å². The molecule has 0 spiro atoms. The monoisotopic (exact) mass is 308 g/mol. The first-order valence-electron chi connectivity index (χ1n) is 7.30. The van der Waals surface area contributed by atoms with Gasteiger partial charge in [-0.2, -0.15) is 0 Å². The summed E-state index contributed by atoms with van der Waals surface area (Å²) < 4.78 is 5.07. The first kappa shape index (κ1) is 15.3. The third-order valence-electron chi connectivity index (χ3n) is 5.03. The van der Waals surface area contributed by atoms with Crippen LogP contribution in [0.5, 0.6) is 11.5 Å². The maximum atomic E-state index is 12.7. The zero-order valence-electron chi connectivity index (χ0n) is 12.5. The highest BCUT2D eigenvalue weighted by Crippen LogP contribution is 2.50. The van der Waals surface area contributed by atoms with Crippen molar-refractivity contribution in [2.24, 2.45) is 11.8 Å². The first-order chi connectivity index (χ1) is 10.3. The molecule has 1 aromatic rings. The molecular formula is C16H20O6. The average molecular weight is 308 g/mol. The van der Waals surface area contributed by atoms with E-state index in [0.717, 1.165) is 0 Å². The van der Waals surface area contributed by atoms with Crippen LogP contribution in [0.1, 0.15) is 41.8 Å². The molecule has 4 N–H and O–H groups in total. The minimum atomic E-state index is -1.35. The van der Waals surface area contributed by atoms with Gasteiger partial charge in [-0.15, -0.1) is 0 Å². The van der Waals surface area contributed by atoms with E-state index in [1.54, 1.807) is 0 Å². The summed E-state index contributed by atoms with van der Waals surface area (Å²) in [5.74, 6) is -1.30. The largest absolute Gasteiger partial charge is 0.507 e. The topological polar surface area (TPSA) is 107 Å². The Hall–Kier alpha value is -1.63. The van der Waals surface area contributed by atoms with E-state index in [0.29, 0.717) is 11.3 Å². The molecule has 2 aliphatic rings. The molecule has 0 saturated heterocycles. The van der Waals surface area contributed by atoms with Crippen molar-refractivity contribution < 1.29 is 30.0 Å². The van der Waals surface area contributed by atoms with E-state index in [-0.39, 0.29) is 29.9 Å². The van der Waals surface area contributed by atoms with Crippen LogP contribution >= 0.6 is 0 Å². The number of aromatic hydroxyl groups is 1. The zero-order chi connectivity index (χ0) is 16.2. The summed E-state index contributed by atoms with van der Waals surface area (Å²) in [5.41, 5.74) is -0.945. The van der Waals surface area contributed by atoms with Gasteiger partial charge in [0.15, 0.2) is 5.78 Å². The average Bonchev–Trinajstić information content (AvgIpc) is 2.46. The summed E-state index contributed by atoms with van der Waals surface area (Å²) >= 11 is 0. The van der Waals surface area contributed by atoms with E-state index in [9.17, 15) is 25.2 Å². The molecule has 120 valence electrons. The number of fused-ring (bicyclic) bond motifs is 2. The van der Waals surface area contributed by atoms with E-state index in [4.69, 9.17) is 4.74 Å². The number of hydrogen-bond acceptors (Lipinski definition) is 6. The van der Waals surface area contributed by atoms with Crippen molar-refractivity contribution >= 4 is 5.78 Å². The lowest BCUT2D eigenvalue weighted by molar-refractivity contribution is -0.131. The van der Waals surface area contributed by atoms with Gasteiger partial charge in [0.2, 0.25) is 0 Å². The van der Waals surface area contributed by atoms with Crippen LogP contribution in [-0.4, -0.2) is 45.0 Å². The number of ketones is 1. The summed E-state index contributed by atoms with van der Waals surface area (Å²) in [7, 11) is 1.43. The molecule has 3 rings (SSSR count). The fourth-order valence-corrected chi connectivity index (χ4v) is 3.72. The van der Waals surface area contributed by atoms with Crippen molar-refractivity contribution in [2.75, 3.05) is 7.11 Å². The Labute approximate surface area is 128 Å². The molecule has 5 atom stereocenters. The molecule has 1 fully saturated rings. The van der Waals surface area contributed by atoms with Crippen LogP contribution in [0.25, 0.3) is 0 Å². The van der Waals surface area contributed by atoms with Gasteiger partial charge in [-0.1, -0.05) is 0 Å². The van der Waals surface area contributed by atoms with Gasteiger partial charge in [0, 0.05) is 17.9 Å². The van der Waals surface area contributed by atoms with E-state index >= 15 is 0 Å². The molecule has 0 aromatic heterocycles. The van der Waals surface area contributed by atoms with Gasteiger partial charge < -0.3 is 25.2 Å². The first-order valence-corrected chi connectivity index (χ1v) is 7.30. The number of phenolic OH excluding ortho intramolecular Hbond substituents is 1. The third kappa shape index (κ3) is 2.10.